The van der Waals surface area contributed by atoms with Gasteiger partial charge >= 0.3 is 0 Å². The average molecular weight is 263 g/mol. The Kier molecular flexibility index (Phi) is 4.61. The maximum Gasteiger partial charge on any atom is 0.269 e. The second-order valence-electron chi connectivity index (χ2n) is 6.09. The molecule has 1 aliphatic rings. The van der Waals surface area contributed by atoms with Crippen LogP contribution in [-0.2, 0) is 0 Å². The van der Waals surface area contributed by atoms with Gasteiger partial charge in [0.2, 0.25) is 0 Å². The average Bonchev–Trinajstić information content (AvgIpc) is 2.87. The van der Waals surface area contributed by atoms with Crippen LogP contribution in [0.2, 0.25) is 0 Å². The fraction of sp³-hybridized carbons (Fsp3) is 0.733. The van der Waals surface area contributed by atoms with Gasteiger partial charge in [0.05, 0.1) is 0 Å². The summed E-state index contributed by atoms with van der Waals surface area (Å²) < 4.78 is 1.78. The second kappa shape index (κ2) is 6.22. The van der Waals surface area contributed by atoms with Gasteiger partial charge in [-0.25, -0.2) is 0 Å². The molecule has 1 aliphatic carbocycles. The molecule has 1 aromatic heterocycles. The number of amides is 1. The molecule has 1 N–H and O–H groups in total. The second-order valence-corrected chi connectivity index (χ2v) is 6.09. The fourth-order valence-corrected chi connectivity index (χ4v) is 2.77. The Morgan fingerprint density at radius 1 is 1.42 bits per heavy atom. The van der Waals surface area contributed by atoms with Crippen molar-refractivity contribution in [1.82, 2.24) is 15.1 Å². The molecule has 0 radical (unpaired) electrons. The van der Waals surface area contributed by atoms with Gasteiger partial charge in [-0.3, -0.25) is 9.48 Å². The number of nitrogens with zero attached hydrogens (tertiary/aromatic N) is 2. The quantitative estimate of drug-likeness (QED) is 0.907. The van der Waals surface area contributed by atoms with Gasteiger partial charge in [0, 0.05) is 18.8 Å². The molecule has 0 saturated heterocycles. The molecule has 106 valence electrons. The van der Waals surface area contributed by atoms with Crippen molar-refractivity contribution in [3.8, 4) is 0 Å². The third kappa shape index (κ3) is 3.58. The zero-order valence-corrected chi connectivity index (χ0v) is 12.2. The van der Waals surface area contributed by atoms with Gasteiger partial charge in [-0.15, -0.1) is 0 Å². The maximum absolute atomic E-state index is 12.2. The number of rotatable bonds is 4. The van der Waals surface area contributed by atoms with Gasteiger partial charge in [0.1, 0.15) is 5.69 Å². The zero-order chi connectivity index (χ0) is 13.8. The Morgan fingerprint density at radius 3 is 2.74 bits per heavy atom. The summed E-state index contributed by atoms with van der Waals surface area (Å²) in [4.78, 5) is 12.2. The first-order valence-corrected chi connectivity index (χ1v) is 7.39. The van der Waals surface area contributed by atoms with Crippen LogP contribution in [0.3, 0.4) is 0 Å². The van der Waals surface area contributed by atoms with E-state index in [1.54, 1.807) is 16.9 Å². The molecular weight excluding hydrogens is 238 g/mol. The van der Waals surface area contributed by atoms with E-state index in [-0.39, 0.29) is 11.9 Å². The first-order valence-electron chi connectivity index (χ1n) is 7.39. The number of nitrogens with one attached hydrogen (secondary N) is 1. The van der Waals surface area contributed by atoms with E-state index in [1.165, 1.54) is 25.7 Å². The van der Waals surface area contributed by atoms with Crippen LogP contribution < -0.4 is 5.32 Å². The fourth-order valence-electron chi connectivity index (χ4n) is 2.77. The standard InChI is InChI=1S/C15H25N3O/c1-11(2)18-14(8-9-17-18)15(19)16-10-13-6-4-12(3)5-7-13/h8-9,11-13H,4-7,10H2,1-3H3,(H,16,19)/t12-,13-. The topological polar surface area (TPSA) is 46.9 Å². The van der Waals surface area contributed by atoms with Crippen LogP contribution in [-0.4, -0.2) is 22.2 Å². The third-order valence-electron chi connectivity index (χ3n) is 4.08. The molecule has 4 heteroatoms. The summed E-state index contributed by atoms with van der Waals surface area (Å²) >= 11 is 0. The molecule has 1 aromatic rings. The van der Waals surface area contributed by atoms with Crippen molar-refractivity contribution in [2.45, 2.75) is 52.5 Å². The number of hydrogen-bond acceptors (Lipinski definition) is 2. The summed E-state index contributed by atoms with van der Waals surface area (Å²) in [6.45, 7) is 7.18. The summed E-state index contributed by atoms with van der Waals surface area (Å²) in [5.74, 6) is 1.51. The molecule has 4 nitrogen and oxygen atoms in total. The molecule has 0 unspecified atom stereocenters. The number of carbonyl (C=O) groups is 1. The van der Waals surface area contributed by atoms with Gasteiger partial charge in [-0.1, -0.05) is 19.8 Å². The highest BCUT2D eigenvalue weighted by Gasteiger charge is 2.20. The summed E-state index contributed by atoms with van der Waals surface area (Å²) in [6.07, 6.45) is 6.77. The van der Waals surface area contributed by atoms with Crippen molar-refractivity contribution >= 4 is 5.91 Å². The van der Waals surface area contributed by atoms with E-state index in [2.05, 4.69) is 17.3 Å². The minimum absolute atomic E-state index is 0.00446. The number of hydrogen-bond donors (Lipinski definition) is 1. The minimum atomic E-state index is 0.00446. The lowest BCUT2D eigenvalue weighted by Gasteiger charge is -2.26. The summed E-state index contributed by atoms with van der Waals surface area (Å²) in [6, 6.07) is 2.00. The highest BCUT2D eigenvalue weighted by molar-refractivity contribution is 5.92. The van der Waals surface area contributed by atoms with E-state index < -0.39 is 0 Å². The molecule has 1 saturated carbocycles. The molecule has 2 rings (SSSR count). The first kappa shape index (κ1) is 14.1. The van der Waals surface area contributed by atoms with E-state index >= 15 is 0 Å². The Hall–Kier alpha value is -1.32. The Morgan fingerprint density at radius 2 is 2.11 bits per heavy atom. The molecule has 19 heavy (non-hydrogen) atoms. The van der Waals surface area contributed by atoms with Gasteiger partial charge in [0.25, 0.3) is 5.91 Å². The van der Waals surface area contributed by atoms with Crippen LogP contribution in [0.5, 0.6) is 0 Å². The smallest absolute Gasteiger partial charge is 0.269 e. The Bertz CT molecular complexity index is 417. The predicted molar refractivity (Wildman–Crippen MR) is 76.1 cm³/mol. The number of aromatic nitrogens is 2. The van der Waals surface area contributed by atoms with Crippen molar-refractivity contribution in [1.29, 1.82) is 0 Å². The SMILES string of the molecule is CC(C)n1nccc1C(=O)NC[C@H]1CC[C@H](C)CC1. The van der Waals surface area contributed by atoms with Crippen LogP contribution >= 0.6 is 0 Å². The van der Waals surface area contributed by atoms with Crippen LogP contribution in [0.4, 0.5) is 0 Å². The van der Waals surface area contributed by atoms with Crippen molar-refractivity contribution in [3.05, 3.63) is 18.0 Å². The zero-order valence-electron chi connectivity index (χ0n) is 12.2. The Balaban J connectivity index is 1.86. The van der Waals surface area contributed by atoms with Gasteiger partial charge in [-0.2, -0.15) is 5.10 Å². The van der Waals surface area contributed by atoms with E-state index in [1.807, 2.05) is 13.8 Å². The summed E-state index contributed by atoms with van der Waals surface area (Å²) in [7, 11) is 0. The van der Waals surface area contributed by atoms with E-state index in [0.29, 0.717) is 11.6 Å². The highest BCUT2D eigenvalue weighted by atomic mass is 16.2. The van der Waals surface area contributed by atoms with Crippen LogP contribution in [0.1, 0.15) is 63.0 Å². The molecule has 0 spiro atoms. The summed E-state index contributed by atoms with van der Waals surface area (Å²) in [5, 5.41) is 7.26. The molecule has 1 fully saturated rings. The predicted octanol–water partition coefficient (Wildman–Crippen LogP) is 3.02. The van der Waals surface area contributed by atoms with Crippen LogP contribution in [0.15, 0.2) is 12.3 Å². The lowest BCUT2D eigenvalue weighted by atomic mass is 9.83. The first-order chi connectivity index (χ1) is 9.08. The van der Waals surface area contributed by atoms with Crippen LogP contribution in [0.25, 0.3) is 0 Å². The number of carbonyl (C=O) groups excluding carboxylic acids is 1. The molecule has 1 amide bonds. The molecule has 1 heterocycles. The summed E-state index contributed by atoms with van der Waals surface area (Å²) in [5.41, 5.74) is 0.666. The van der Waals surface area contributed by atoms with Crippen molar-refractivity contribution < 1.29 is 4.79 Å². The lowest BCUT2D eigenvalue weighted by Crippen LogP contribution is -2.32. The maximum atomic E-state index is 12.2. The largest absolute Gasteiger partial charge is 0.350 e. The lowest BCUT2D eigenvalue weighted by molar-refractivity contribution is 0.0929. The van der Waals surface area contributed by atoms with Gasteiger partial charge in [0.15, 0.2) is 0 Å². The van der Waals surface area contributed by atoms with Crippen molar-refractivity contribution in [3.63, 3.8) is 0 Å². The van der Waals surface area contributed by atoms with Gasteiger partial charge in [-0.05, 0) is 44.6 Å². The van der Waals surface area contributed by atoms with E-state index in [4.69, 9.17) is 0 Å². The molecular formula is C15H25N3O. The van der Waals surface area contributed by atoms with E-state index in [9.17, 15) is 4.79 Å². The highest BCUT2D eigenvalue weighted by Crippen LogP contribution is 2.27. The third-order valence-corrected chi connectivity index (χ3v) is 4.08. The molecule has 0 atom stereocenters. The van der Waals surface area contributed by atoms with Crippen LogP contribution in [0, 0.1) is 11.8 Å². The molecule has 0 aliphatic heterocycles. The van der Waals surface area contributed by atoms with Crippen molar-refractivity contribution in [2.75, 3.05) is 6.54 Å². The molecule has 0 aromatic carbocycles. The molecule has 0 bridgehead atoms. The van der Waals surface area contributed by atoms with Crippen molar-refractivity contribution in [2.24, 2.45) is 11.8 Å². The minimum Gasteiger partial charge on any atom is -0.350 e. The monoisotopic (exact) mass is 263 g/mol. The normalized spacial score (nSPS) is 23.6. The van der Waals surface area contributed by atoms with Gasteiger partial charge < -0.3 is 5.32 Å². The Labute approximate surface area is 115 Å². The van der Waals surface area contributed by atoms with E-state index in [0.717, 1.165) is 12.5 Å².